The highest BCUT2D eigenvalue weighted by Gasteiger charge is 2.41. The van der Waals surface area contributed by atoms with Crippen molar-refractivity contribution >= 4 is 19.1 Å². The van der Waals surface area contributed by atoms with Crippen molar-refractivity contribution in [1.82, 2.24) is 0 Å². The molecule has 0 unspecified atom stereocenters. The number of fused-ring (bicyclic) bond motifs is 1. The van der Waals surface area contributed by atoms with Gasteiger partial charge in [-0.3, -0.25) is 0 Å². The van der Waals surface area contributed by atoms with Crippen LogP contribution in [-0.4, -0.2) is 0 Å². The monoisotopic (exact) mass is 407 g/mol. The normalized spacial score (nSPS) is 15.0. The molecule has 0 spiro atoms. The molecule has 2 nitrogen and oxygen atoms in total. The quantitative estimate of drug-likeness (QED) is 0.310. The zero-order valence-electron chi connectivity index (χ0n) is 16.3. The first-order valence-corrected chi connectivity index (χ1v) is 11.1. The minimum Gasteiger partial charge on any atom is -0.438 e. The minimum absolute atomic E-state index is 0.796. The van der Waals surface area contributed by atoms with E-state index in [9.17, 15) is 0 Å². The molecule has 0 N–H and O–H groups in total. The van der Waals surface area contributed by atoms with Crippen molar-refractivity contribution in [3.8, 4) is 11.5 Å². The topological polar surface area (TPSA) is 18.5 Å². The SMILES string of the molecule is [CH]1[CH][C](c2cccc3ccccc23)[C](P(Oc2ccccc2)Oc2ccccc2)[CH]1. The van der Waals surface area contributed by atoms with Gasteiger partial charge in [-0.1, -0.05) is 78.9 Å². The molecule has 1 saturated carbocycles. The summed E-state index contributed by atoms with van der Waals surface area (Å²) in [7, 11) is -1.37. The lowest BCUT2D eigenvalue weighted by atomic mass is 9.92. The van der Waals surface area contributed by atoms with E-state index in [1.165, 1.54) is 16.3 Å². The van der Waals surface area contributed by atoms with Gasteiger partial charge in [0.2, 0.25) is 0 Å². The second kappa shape index (κ2) is 8.90. The van der Waals surface area contributed by atoms with Crippen molar-refractivity contribution < 1.29 is 9.05 Å². The average Bonchev–Trinajstić information content (AvgIpc) is 3.29. The van der Waals surface area contributed by atoms with Gasteiger partial charge in [-0.15, -0.1) is 0 Å². The van der Waals surface area contributed by atoms with Crippen molar-refractivity contribution in [2.24, 2.45) is 0 Å². The first-order chi connectivity index (χ1) is 14.9. The van der Waals surface area contributed by atoms with Crippen LogP contribution >= 0.6 is 8.38 Å². The molecule has 0 saturated heterocycles. The van der Waals surface area contributed by atoms with E-state index >= 15 is 0 Å². The Hall–Kier alpha value is -2.83. The van der Waals surface area contributed by atoms with Crippen LogP contribution in [0.3, 0.4) is 0 Å². The third kappa shape index (κ3) is 4.06. The Morgan fingerprint density at radius 1 is 0.533 bits per heavy atom. The van der Waals surface area contributed by atoms with E-state index in [0.717, 1.165) is 23.1 Å². The van der Waals surface area contributed by atoms with Gasteiger partial charge >= 0.3 is 0 Å². The zero-order chi connectivity index (χ0) is 20.2. The third-order valence-electron chi connectivity index (χ3n) is 4.93. The molecule has 0 aromatic heterocycles. The van der Waals surface area contributed by atoms with Gasteiger partial charge in [0.1, 0.15) is 11.5 Å². The van der Waals surface area contributed by atoms with Crippen molar-refractivity contribution in [3.05, 3.63) is 140 Å². The fourth-order valence-corrected chi connectivity index (χ4v) is 4.99. The smallest absolute Gasteiger partial charge is 0.299 e. The Morgan fingerprint density at radius 3 is 1.83 bits per heavy atom. The summed E-state index contributed by atoms with van der Waals surface area (Å²) in [6, 6.07) is 34.6. The van der Waals surface area contributed by atoms with Crippen LogP contribution in [0.4, 0.5) is 0 Å². The maximum Gasteiger partial charge on any atom is 0.299 e. The molecule has 0 aliphatic heterocycles. The van der Waals surface area contributed by atoms with E-state index in [0.29, 0.717) is 0 Å². The summed E-state index contributed by atoms with van der Waals surface area (Å²) < 4.78 is 12.8. The molecule has 30 heavy (non-hydrogen) atoms. The molecule has 1 aliphatic carbocycles. The lowest BCUT2D eigenvalue weighted by Gasteiger charge is -2.27. The number of para-hydroxylation sites is 2. The number of hydrogen-bond acceptors (Lipinski definition) is 2. The van der Waals surface area contributed by atoms with E-state index in [-0.39, 0.29) is 0 Å². The van der Waals surface area contributed by atoms with E-state index in [4.69, 9.17) is 9.05 Å². The molecule has 1 fully saturated rings. The van der Waals surface area contributed by atoms with Gasteiger partial charge in [0, 0.05) is 5.92 Å². The molecule has 4 aromatic rings. The number of rotatable bonds is 6. The molecule has 3 heteroatoms. The van der Waals surface area contributed by atoms with Gasteiger partial charge in [-0.25, -0.2) is 0 Å². The fourth-order valence-electron chi connectivity index (χ4n) is 3.53. The highest BCUT2D eigenvalue weighted by atomic mass is 31.2. The first-order valence-electron chi connectivity index (χ1n) is 9.88. The summed E-state index contributed by atoms with van der Waals surface area (Å²) in [5.41, 5.74) is 2.25. The second-order valence-corrected chi connectivity index (χ2v) is 8.28. The standard InChI is InChI=1S/C27H20O2P/c1-3-13-22(14-4-1)28-30(29-23-15-5-2-6-16-23)27-20-10-19-26(27)25-18-9-12-21-11-7-8-17-24(21)25/h1-20H. The van der Waals surface area contributed by atoms with Crippen molar-refractivity contribution in [2.45, 2.75) is 0 Å². The third-order valence-corrected chi connectivity index (χ3v) is 6.47. The van der Waals surface area contributed by atoms with Crippen LogP contribution in [0.2, 0.25) is 0 Å². The fraction of sp³-hybridized carbons (Fsp3) is 0. The highest BCUT2D eigenvalue weighted by Crippen LogP contribution is 2.60. The first kappa shape index (κ1) is 19.2. The molecule has 1 aliphatic rings. The summed E-state index contributed by atoms with van der Waals surface area (Å²) in [5, 5.41) is 2.45. The molecule has 0 amide bonds. The van der Waals surface area contributed by atoms with Crippen LogP contribution in [0.1, 0.15) is 5.56 Å². The molecule has 5 rings (SSSR count). The molecule has 0 heterocycles. The zero-order valence-corrected chi connectivity index (χ0v) is 17.2. The summed E-state index contributed by atoms with van der Waals surface area (Å²) >= 11 is 0. The highest BCUT2D eigenvalue weighted by molar-refractivity contribution is 7.52. The Bertz CT molecular complexity index is 1050. The molecule has 145 valence electrons. The second-order valence-electron chi connectivity index (χ2n) is 6.92. The van der Waals surface area contributed by atoms with E-state index in [1.54, 1.807) is 0 Å². The van der Waals surface area contributed by atoms with Crippen molar-refractivity contribution in [1.29, 1.82) is 0 Å². The minimum atomic E-state index is -1.37. The summed E-state index contributed by atoms with van der Waals surface area (Å²) in [4.78, 5) is 0. The van der Waals surface area contributed by atoms with E-state index < -0.39 is 8.38 Å². The van der Waals surface area contributed by atoms with Crippen molar-refractivity contribution in [3.63, 3.8) is 0 Å². The van der Waals surface area contributed by atoms with Gasteiger partial charge in [-0.2, -0.15) is 0 Å². The van der Waals surface area contributed by atoms with E-state index in [2.05, 4.69) is 61.7 Å². The Labute approximate surface area is 179 Å². The Morgan fingerprint density at radius 2 is 1.13 bits per heavy atom. The molecular formula is C27H20O2P. The van der Waals surface area contributed by atoms with Crippen LogP contribution < -0.4 is 9.05 Å². The molecular weight excluding hydrogens is 387 g/mol. The Balaban J connectivity index is 1.50. The maximum atomic E-state index is 6.38. The van der Waals surface area contributed by atoms with Gasteiger partial charge in [-0.05, 0) is 59.9 Å². The van der Waals surface area contributed by atoms with Crippen LogP contribution in [0.25, 0.3) is 10.8 Å². The summed E-state index contributed by atoms with van der Waals surface area (Å²) in [5.74, 6) is 2.74. The molecule has 0 bridgehead atoms. The van der Waals surface area contributed by atoms with Gasteiger partial charge < -0.3 is 9.05 Å². The predicted molar refractivity (Wildman–Crippen MR) is 123 cm³/mol. The number of benzene rings is 4. The lowest BCUT2D eigenvalue weighted by molar-refractivity contribution is 0.492. The maximum absolute atomic E-state index is 6.38. The lowest BCUT2D eigenvalue weighted by Crippen LogP contribution is -2.11. The van der Waals surface area contributed by atoms with Crippen LogP contribution in [-0.2, 0) is 0 Å². The largest absolute Gasteiger partial charge is 0.438 e. The van der Waals surface area contributed by atoms with Gasteiger partial charge in [0.25, 0.3) is 8.38 Å². The summed E-state index contributed by atoms with van der Waals surface area (Å²) in [6.07, 6.45) is 6.33. The van der Waals surface area contributed by atoms with Crippen molar-refractivity contribution in [2.75, 3.05) is 0 Å². The molecule has 5 radical (unpaired) electrons. The van der Waals surface area contributed by atoms with Crippen LogP contribution in [0, 0.1) is 30.8 Å². The molecule has 0 atom stereocenters. The predicted octanol–water partition coefficient (Wildman–Crippen LogP) is 7.39. The Kier molecular flexibility index (Phi) is 5.68. The number of hydrogen-bond donors (Lipinski definition) is 0. The van der Waals surface area contributed by atoms with Gasteiger partial charge in [0.05, 0.1) is 5.66 Å². The average molecular weight is 407 g/mol. The molecule has 4 aromatic carbocycles. The van der Waals surface area contributed by atoms with E-state index in [1.807, 2.05) is 60.7 Å². The van der Waals surface area contributed by atoms with Crippen LogP contribution in [0.15, 0.2) is 103 Å². The van der Waals surface area contributed by atoms with Gasteiger partial charge in [0.15, 0.2) is 0 Å². The van der Waals surface area contributed by atoms with Crippen LogP contribution in [0.5, 0.6) is 11.5 Å². The summed E-state index contributed by atoms with van der Waals surface area (Å²) in [6.45, 7) is 0.